The van der Waals surface area contributed by atoms with Crippen LogP contribution in [0.2, 0.25) is 5.02 Å². The summed E-state index contributed by atoms with van der Waals surface area (Å²) in [5.41, 5.74) is 6.38. The van der Waals surface area contributed by atoms with Gasteiger partial charge in [-0.25, -0.2) is 0 Å². The Balaban J connectivity index is 2.48. The van der Waals surface area contributed by atoms with Crippen LogP contribution in [0.5, 0.6) is 5.75 Å². The summed E-state index contributed by atoms with van der Waals surface area (Å²) in [5, 5.41) is 10.1. The van der Waals surface area contributed by atoms with Crippen LogP contribution in [0.15, 0.2) is 18.2 Å². The van der Waals surface area contributed by atoms with E-state index in [0.29, 0.717) is 5.02 Å². The zero-order chi connectivity index (χ0) is 8.77. The molecule has 2 rings (SSSR count). The zero-order valence-corrected chi connectivity index (χ0v) is 7.30. The summed E-state index contributed by atoms with van der Waals surface area (Å²) in [4.78, 5) is 0. The van der Waals surface area contributed by atoms with Gasteiger partial charge in [-0.05, 0) is 31.0 Å². The van der Waals surface area contributed by atoms with E-state index in [-0.39, 0.29) is 11.3 Å². The fourth-order valence-corrected chi connectivity index (χ4v) is 1.48. The first kappa shape index (κ1) is 7.90. The normalized spacial score (nSPS) is 19.2. The first-order valence-corrected chi connectivity index (χ1v) is 4.27. The van der Waals surface area contributed by atoms with Gasteiger partial charge in [-0.3, -0.25) is 0 Å². The Kier molecular flexibility index (Phi) is 1.56. The molecule has 12 heavy (non-hydrogen) atoms. The molecule has 1 aliphatic carbocycles. The van der Waals surface area contributed by atoms with Gasteiger partial charge in [0.15, 0.2) is 0 Å². The van der Waals surface area contributed by atoms with Crippen LogP contribution in [-0.4, -0.2) is 5.11 Å². The van der Waals surface area contributed by atoms with Crippen LogP contribution in [-0.2, 0) is 5.54 Å². The quantitative estimate of drug-likeness (QED) is 0.700. The first-order valence-electron chi connectivity index (χ1n) is 3.90. The molecule has 1 aromatic carbocycles. The minimum atomic E-state index is -0.311. The van der Waals surface area contributed by atoms with Crippen molar-refractivity contribution in [3.63, 3.8) is 0 Å². The average Bonchev–Trinajstić information content (AvgIpc) is 2.75. The molecule has 0 spiro atoms. The maximum absolute atomic E-state index is 9.47. The van der Waals surface area contributed by atoms with E-state index in [1.54, 1.807) is 18.2 Å². The second-order valence-electron chi connectivity index (χ2n) is 3.32. The molecule has 3 heteroatoms. The van der Waals surface area contributed by atoms with Crippen LogP contribution in [0.1, 0.15) is 18.4 Å². The van der Waals surface area contributed by atoms with Crippen LogP contribution in [0, 0.1) is 0 Å². The fourth-order valence-electron chi connectivity index (χ4n) is 1.31. The number of halogens is 1. The zero-order valence-electron chi connectivity index (χ0n) is 6.55. The monoisotopic (exact) mass is 183 g/mol. The molecule has 0 atom stereocenters. The Morgan fingerprint density at radius 3 is 2.67 bits per heavy atom. The fraction of sp³-hybridized carbons (Fsp3) is 0.333. The third-order valence-electron chi connectivity index (χ3n) is 2.28. The third kappa shape index (κ3) is 1.17. The van der Waals surface area contributed by atoms with Crippen molar-refractivity contribution in [2.24, 2.45) is 5.73 Å². The lowest BCUT2D eigenvalue weighted by Gasteiger charge is -2.10. The maximum Gasteiger partial charge on any atom is 0.120 e. The third-order valence-corrected chi connectivity index (χ3v) is 2.52. The summed E-state index contributed by atoms with van der Waals surface area (Å²) in [6, 6.07) is 4.99. The summed E-state index contributed by atoms with van der Waals surface area (Å²) in [6.45, 7) is 0. The molecule has 1 saturated carbocycles. The van der Waals surface area contributed by atoms with Crippen molar-refractivity contribution in [3.05, 3.63) is 28.8 Å². The lowest BCUT2D eigenvalue weighted by atomic mass is 10.1. The van der Waals surface area contributed by atoms with E-state index in [1.807, 2.05) is 0 Å². The summed E-state index contributed by atoms with van der Waals surface area (Å²) in [6.07, 6.45) is 1.86. The number of aromatic hydroxyl groups is 1. The Bertz CT molecular complexity index is 320. The molecule has 1 aliphatic rings. The molecule has 1 aromatic rings. The summed E-state index contributed by atoms with van der Waals surface area (Å²) in [5.74, 6) is 0.249. The average molecular weight is 184 g/mol. The summed E-state index contributed by atoms with van der Waals surface area (Å²) in [7, 11) is 0. The highest BCUT2D eigenvalue weighted by atomic mass is 35.5. The van der Waals surface area contributed by atoms with Gasteiger partial charge in [0.25, 0.3) is 0 Å². The number of hydrogen-bond acceptors (Lipinski definition) is 2. The second-order valence-corrected chi connectivity index (χ2v) is 3.75. The molecule has 0 bridgehead atoms. The van der Waals surface area contributed by atoms with Crippen molar-refractivity contribution < 1.29 is 5.11 Å². The minimum absolute atomic E-state index is 0.249. The molecule has 0 unspecified atom stereocenters. The maximum atomic E-state index is 9.47. The molecule has 0 heterocycles. The van der Waals surface area contributed by atoms with Crippen molar-refractivity contribution in [1.29, 1.82) is 0 Å². The van der Waals surface area contributed by atoms with Crippen LogP contribution >= 0.6 is 11.6 Å². The van der Waals surface area contributed by atoms with Gasteiger partial charge >= 0.3 is 0 Å². The molecule has 3 N–H and O–H groups in total. The molecule has 64 valence electrons. The topological polar surface area (TPSA) is 46.2 Å². The van der Waals surface area contributed by atoms with Crippen molar-refractivity contribution >= 4 is 11.6 Å². The Labute approximate surface area is 76.0 Å². The number of phenolic OH excluding ortho intramolecular Hbond substituents is 1. The SMILES string of the molecule is NC1(c2cc(Cl)ccc2O)CC1. The minimum Gasteiger partial charge on any atom is -0.508 e. The smallest absolute Gasteiger partial charge is 0.120 e. The van der Waals surface area contributed by atoms with E-state index in [1.165, 1.54) is 0 Å². The van der Waals surface area contributed by atoms with Crippen LogP contribution in [0.25, 0.3) is 0 Å². The predicted molar refractivity (Wildman–Crippen MR) is 48.2 cm³/mol. The van der Waals surface area contributed by atoms with Gasteiger partial charge in [-0.15, -0.1) is 0 Å². The predicted octanol–water partition coefficient (Wildman–Crippen LogP) is 1.99. The first-order chi connectivity index (χ1) is 5.62. The van der Waals surface area contributed by atoms with Gasteiger partial charge < -0.3 is 10.8 Å². The van der Waals surface area contributed by atoms with E-state index in [2.05, 4.69) is 0 Å². The standard InChI is InChI=1S/C9H10ClNO/c10-6-1-2-8(12)7(5-6)9(11)3-4-9/h1-2,5,12H,3-4,11H2. The van der Waals surface area contributed by atoms with Crippen molar-refractivity contribution in [2.45, 2.75) is 18.4 Å². The number of hydrogen-bond donors (Lipinski definition) is 2. The van der Waals surface area contributed by atoms with E-state index in [9.17, 15) is 5.11 Å². The van der Waals surface area contributed by atoms with E-state index < -0.39 is 0 Å². The highest BCUT2D eigenvalue weighted by Crippen LogP contribution is 2.46. The molecule has 0 radical (unpaired) electrons. The highest BCUT2D eigenvalue weighted by Gasteiger charge is 2.41. The van der Waals surface area contributed by atoms with Crippen LogP contribution < -0.4 is 5.73 Å². The van der Waals surface area contributed by atoms with Gasteiger partial charge in [-0.1, -0.05) is 11.6 Å². The van der Waals surface area contributed by atoms with E-state index in [0.717, 1.165) is 18.4 Å². The molecular formula is C9H10ClNO. The van der Waals surface area contributed by atoms with Crippen molar-refractivity contribution in [1.82, 2.24) is 0 Å². The molecule has 0 aliphatic heterocycles. The van der Waals surface area contributed by atoms with Gasteiger partial charge in [0.05, 0.1) is 0 Å². The van der Waals surface area contributed by atoms with Crippen molar-refractivity contribution in [3.8, 4) is 5.75 Å². The molecule has 0 saturated heterocycles. The molecule has 2 nitrogen and oxygen atoms in total. The molecule has 0 aromatic heterocycles. The highest BCUT2D eigenvalue weighted by molar-refractivity contribution is 6.30. The number of nitrogens with two attached hydrogens (primary N) is 1. The number of benzene rings is 1. The lowest BCUT2D eigenvalue weighted by molar-refractivity contribution is 0.460. The summed E-state index contributed by atoms with van der Waals surface area (Å²) >= 11 is 5.78. The van der Waals surface area contributed by atoms with Gasteiger partial charge in [0, 0.05) is 16.1 Å². The number of rotatable bonds is 1. The largest absolute Gasteiger partial charge is 0.508 e. The van der Waals surface area contributed by atoms with Crippen LogP contribution in [0.4, 0.5) is 0 Å². The lowest BCUT2D eigenvalue weighted by Crippen LogP contribution is -2.18. The van der Waals surface area contributed by atoms with E-state index in [4.69, 9.17) is 17.3 Å². The second kappa shape index (κ2) is 2.38. The van der Waals surface area contributed by atoms with E-state index >= 15 is 0 Å². The Hall–Kier alpha value is -0.730. The van der Waals surface area contributed by atoms with Gasteiger partial charge in [0.1, 0.15) is 5.75 Å². The Morgan fingerprint density at radius 1 is 1.42 bits per heavy atom. The molecule has 1 fully saturated rings. The number of phenols is 1. The van der Waals surface area contributed by atoms with Gasteiger partial charge in [-0.2, -0.15) is 0 Å². The van der Waals surface area contributed by atoms with Gasteiger partial charge in [0.2, 0.25) is 0 Å². The molecular weight excluding hydrogens is 174 g/mol. The Morgan fingerprint density at radius 2 is 2.08 bits per heavy atom. The molecule has 0 amide bonds. The van der Waals surface area contributed by atoms with Crippen LogP contribution in [0.3, 0.4) is 0 Å². The summed E-state index contributed by atoms with van der Waals surface area (Å²) < 4.78 is 0. The van der Waals surface area contributed by atoms with Crippen molar-refractivity contribution in [2.75, 3.05) is 0 Å².